The smallest absolute Gasteiger partial charge is 0.288 e. The third-order valence-electron chi connectivity index (χ3n) is 3.35. The summed E-state index contributed by atoms with van der Waals surface area (Å²) < 4.78 is 37.6. The lowest BCUT2D eigenvalue weighted by Crippen LogP contribution is -2.49. The van der Waals surface area contributed by atoms with Gasteiger partial charge in [0.2, 0.25) is 0 Å². The molecule has 0 radical (unpaired) electrons. The van der Waals surface area contributed by atoms with Crippen LogP contribution in [0.1, 0.15) is 39.5 Å². The van der Waals surface area contributed by atoms with E-state index in [0.29, 0.717) is 6.42 Å². The molecule has 1 saturated carbocycles. The molecular formula is C12H19F3N2. The van der Waals surface area contributed by atoms with Crippen LogP contribution in [0.2, 0.25) is 0 Å². The zero-order valence-electron chi connectivity index (χ0n) is 10.3. The van der Waals surface area contributed by atoms with Gasteiger partial charge in [-0.25, -0.2) is 0 Å². The summed E-state index contributed by atoms with van der Waals surface area (Å²) in [6.07, 6.45) is -0.896. The van der Waals surface area contributed by atoms with Gasteiger partial charge in [0.25, 0.3) is 0 Å². The predicted octanol–water partition coefficient (Wildman–Crippen LogP) is 3.34. The Balaban J connectivity index is 2.78. The van der Waals surface area contributed by atoms with Crippen LogP contribution in [0.3, 0.4) is 0 Å². The van der Waals surface area contributed by atoms with Crippen molar-refractivity contribution >= 4 is 0 Å². The molecule has 17 heavy (non-hydrogen) atoms. The molecule has 1 aliphatic rings. The molecule has 0 aromatic heterocycles. The molecule has 0 bridgehead atoms. The molecule has 0 N–H and O–H groups in total. The molecule has 2 unspecified atom stereocenters. The van der Waals surface area contributed by atoms with E-state index in [9.17, 15) is 13.2 Å². The maximum Gasteiger partial charge on any atom is 0.401 e. The Labute approximate surface area is 100 Å². The average molecular weight is 248 g/mol. The fourth-order valence-corrected chi connectivity index (χ4v) is 2.55. The highest BCUT2D eigenvalue weighted by atomic mass is 19.4. The number of hydrogen-bond donors (Lipinski definition) is 0. The molecule has 0 saturated heterocycles. The summed E-state index contributed by atoms with van der Waals surface area (Å²) in [6.45, 7) is 2.61. The molecule has 0 heterocycles. The minimum atomic E-state index is -4.19. The standard InChI is InChI=1S/C12H19F3N2/c1-9(2)17(8-12(13,14)15)11-6-4-3-5-10(11)7-16/h9-11H,3-6,8H2,1-2H3. The quantitative estimate of drug-likeness (QED) is 0.766. The Morgan fingerprint density at radius 2 is 1.88 bits per heavy atom. The van der Waals surface area contributed by atoms with Crippen LogP contribution in [0.5, 0.6) is 0 Å². The molecular weight excluding hydrogens is 229 g/mol. The summed E-state index contributed by atoms with van der Waals surface area (Å²) in [5, 5.41) is 9.03. The van der Waals surface area contributed by atoms with Crippen molar-refractivity contribution in [2.75, 3.05) is 6.54 Å². The van der Waals surface area contributed by atoms with E-state index in [1.807, 2.05) is 0 Å². The number of alkyl halides is 3. The summed E-state index contributed by atoms with van der Waals surface area (Å²) in [7, 11) is 0. The Morgan fingerprint density at radius 3 is 2.35 bits per heavy atom. The molecule has 1 aliphatic carbocycles. The molecule has 98 valence electrons. The van der Waals surface area contributed by atoms with Gasteiger partial charge in [-0.15, -0.1) is 0 Å². The van der Waals surface area contributed by atoms with Gasteiger partial charge < -0.3 is 0 Å². The fraction of sp³-hybridized carbons (Fsp3) is 0.917. The van der Waals surface area contributed by atoms with Gasteiger partial charge in [0.05, 0.1) is 18.5 Å². The molecule has 2 nitrogen and oxygen atoms in total. The highest BCUT2D eigenvalue weighted by molar-refractivity contribution is 4.96. The Morgan fingerprint density at radius 1 is 1.29 bits per heavy atom. The lowest BCUT2D eigenvalue weighted by atomic mass is 9.84. The number of nitrogens with zero attached hydrogens (tertiary/aromatic N) is 2. The van der Waals surface area contributed by atoms with Gasteiger partial charge in [-0.3, -0.25) is 4.90 Å². The molecule has 0 aliphatic heterocycles. The van der Waals surface area contributed by atoms with Crippen molar-refractivity contribution in [3.63, 3.8) is 0 Å². The largest absolute Gasteiger partial charge is 0.401 e. The summed E-state index contributed by atoms with van der Waals surface area (Å²) in [5.41, 5.74) is 0. The van der Waals surface area contributed by atoms with E-state index in [1.165, 1.54) is 4.90 Å². The summed E-state index contributed by atoms with van der Waals surface area (Å²) in [4.78, 5) is 1.44. The van der Waals surface area contributed by atoms with E-state index in [-0.39, 0.29) is 18.0 Å². The van der Waals surface area contributed by atoms with E-state index in [0.717, 1.165) is 19.3 Å². The molecule has 0 amide bonds. The second kappa shape index (κ2) is 5.72. The molecule has 1 rings (SSSR count). The number of nitriles is 1. The second-order valence-electron chi connectivity index (χ2n) is 4.97. The van der Waals surface area contributed by atoms with E-state index in [2.05, 4.69) is 6.07 Å². The van der Waals surface area contributed by atoms with E-state index in [4.69, 9.17) is 5.26 Å². The van der Waals surface area contributed by atoms with Gasteiger partial charge in [-0.1, -0.05) is 12.8 Å². The summed E-state index contributed by atoms with van der Waals surface area (Å²) >= 11 is 0. The van der Waals surface area contributed by atoms with Crippen LogP contribution in [0, 0.1) is 17.2 Å². The first-order valence-corrected chi connectivity index (χ1v) is 6.07. The van der Waals surface area contributed by atoms with Gasteiger partial charge in [0.15, 0.2) is 0 Å². The molecule has 0 aromatic rings. The third kappa shape index (κ3) is 4.19. The SMILES string of the molecule is CC(C)N(CC(F)(F)F)C1CCCCC1C#N. The third-order valence-corrected chi connectivity index (χ3v) is 3.35. The van der Waals surface area contributed by atoms with Crippen molar-refractivity contribution in [3.05, 3.63) is 0 Å². The monoisotopic (exact) mass is 248 g/mol. The maximum absolute atomic E-state index is 12.5. The normalized spacial score (nSPS) is 26.2. The van der Waals surface area contributed by atoms with Crippen molar-refractivity contribution in [1.29, 1.82) is 5.26 Å². The van der Waals surface area contributed by atoms with Crippen LogP contribution < -0.4 is 0 Å². The molecule has 5 heteroatoms. The number of rotatable bonds is 3. The molecule has 0 aromatic carbocycles. The zero-order valence-corrected chi connectivity index (χ0v) is 10.3. The van der Waals surface area contributed by atoms with Gasteiger partial charge in [-0.2, -0.15) is 18.4 Å². The fourth-order valence-electron chi connectivity index (χ4n) is 2.55. The van der Waals surface area contributed by atoms with Crippen LogP contribution >= 0.6 is 0 Å². The van der Waals surface area contributed by atoms with E-state index >= 15 is 0 Å². The lowest BCUT2D eigenvalue weighted by Gasteiger charge is -2.40. The highest BCUT2D eigenvalue weighted by Crippen LogP contribution is 2.31. The van der Waals surface area contributed by atoms with Crippen molar-refractivity contribution < 1.29 is 13.2 Å². The van der Waals surface area contributed by atoms with Crippen LogP contribution in [-0.2, 0) is 0 Å². The van der Waals surface area contributed by atoms with Crippen LogP contribution in [0.25, 0.3) is 0 Å². The van der Waals surface area contributed by atoms with Crippen LogP contribution in [0.15, 0.2) is 0 Å². The predicted molar refractivity (Wildman–Crippen MR) is 59.3 cm³/mol. The van der Waals surface area contributed by atoms with Crippen molar-refractivity contribution in [3.8, 4) is 6.07 Å². The minimum Gasteiger partial charge on any atom is -0.288 e. The van der Waals surface area contributed by atoms with E-state index in [1.54, 1.807) is 13.8 Å². The van der Waals surface area contributed by atoms with Crippen molar-refractivity contribution in [2.24, 2.45) is 5.92 Å². The average Bonchev–Trinajstić information content (AvgIpc) is 2.24. The molecule has 0 spiro atoms. The first-order valence-electron chi connectivity index (χ1n) is 6.07. The number of hydrogen-bond acceptors (Lipinski definition) is 2. The molecule has 2 atom stereocenters. The van der Waals surface area contributed by atoms with Crippen LogP contribution in [-0.4, -0.2) is 29.7 Å². The Hall–Kier alpha value is -0.760. The summed E-state index contributed by atoms with van der Waals surface area (Å²) in [6, 6.07) is 1.74. The topological polar surface area (TPSA) is 27.0 Å². The Bertz CT molecular complexity index is 280. The minimum absolute atomic E-state index is 0.185. The number of halogens is 3. The first-order chi connectivity index (χ1) is 7.85. The van der Waals surface area contributed by atoms with Crippen molar-refractivity contribution in [1.82, 2.24) is 4.90 Å². The summed E-state index contributed by atoms with van der Waals surface area (Å²) in [5.74, 6) is -0.256. The van der Waals surface area contributed by atoms with Gasteiger partial charge in [0, 0.05) is 12.1 Å². The van der Waals surface area contributed by atoms with Gasteiger partial charge >= 0.3 is 6.18 Å². The van der Waals surface area contributed by atoms with Crippen LogP contribution in [0.4, 0.5) is 13.2 Å². The Kier molecular flexibility index (Phi) is 4.81. The van der Waals surface area contributed by atoms with Gasteiger partial charge in [-0.05, 0) is 26.7 Å². The van der Waals surface area contributed by atoms with Gasteiger partial charge in [0.1, 0.15) is 0 Å². The maximum atomic E-state index is 12.5. The zero-order chi connectivity index (χ0) is 13.1. The highest BCUT2D eigenvalue weighted by Gasteiger charge is 2.38. The molecule has 1 fully saturated rings. The van der Waals surface area contributed by atoms with E-state index < -0.39 is 12.7 Å². The van der Waals surface area contributed by atoms with Crippen molar-refractivity contribution in [2.45, 2.75) is 57.8 Å². The first kappa shape index (κ1) is 14.3. The lowest BCUT2D eigenvalue weighted by molar-refractivity contribution is -0.158. The second-order valence-corrected chi connectivity index (χ2v) is 4.97.